The summed E-state index contributed by atoms with van der Waals surface area (Å²) in [6.07, 6.45) is 8.00. The summed E-state index contributed by atoms with van der Waals surface area (Å²) in [7, 11) is 0. The average Bonchev–Trinajstić information content (AvgIpc) is 3.60. The van der Waals surface area contributed by atoms with E-state index in [4.69, 9.17) is 20.4 Å². The number of carbonyl (C=O) groups excluding carboxylic acids is 1. The molecule has 2 unspecified atom stereocenters. The van der Waals surface area contributed by atoms with Crippen molar-refractivity contribution in [2.75, 3.05) is 0 Å². The van der Waals surface area contributed by atoms with Crippen LogP contribution in [0.3, 0.4) is 0 Å². The van der Waals surface area contributed by atoms with Crippen LogP contribution in [0.5, 0.6) is 0 Å². The summed E-state index contributed by atoms with van der Waals surface area (Å²) in [5, 5.41) is 15.3. The number of thioether (sulfide) groups is 1. The summed E-state index contributed by atoms with van der Waals surface area (Å²) in [6.45, 7) is 1.84. The molecule has 1 aliphatic heterocycles. The maximum Gasteiger partial charge on any atom is 0.277 e. The van der Waals surface area contributed by atoms with E-state index < -0.39 is 5.25 Å². The van der Waals surface area contributed by atoms with E-state index in [1.54, 1.807) is 6.26 Å². The molecule has 7 nitrogen and oxygen atoms in total. The van der Waals surface area contributed by atoms with Crippen molar-refractivity contribution in [1.82, 2.24) is 15.2 Å². The molecular formula is C24H25ClN4O3S. The molecule has 3 aromatic rings. The Bertz CT molecular complexity index is 1120. The van der Waals surface area contributed by atoms with Crippen molar-refractivity contribution in [1.29, 1.82) is 0 Å². The molecule has 1 aliphatic carbocycles. The summed E-state index contributed by atoms with van der Waals surface area (Å²) in [4.78, 5) is 13.4. The molecule has 2 aromatic heterocycles. The maximum atomic E-state index is 13.4. The Balaban J connectivity index is 1.33. The van der Waals surface area contributed by atoms with Gasteiger partial charge < -0.3 is 8.83 Å². The molecule has 172 valence electrons. The van der Waals surface area contributed by atoms with E-state index in [1.807, 2.05) is 43.3 Å². The highest BCUT2D eigenvalue weighted by Crippen LogP contribution is 2.37. The highest BCUT2D eigenvalue weighted by atomic mass is 35.5. The second-order valence-corrected chi connectivity index (χ2v) is 10.2. The minimum atomic E-state index is -0.449. The second kappa shape index (κ2) is 9.73. The first kappa shape index (κ1) is 22.2. The number of nitrogens with zero attached hydrogens (tertiary/aromatic N) is 4. The van der Waals surface area contributed by atoms with Crippen molar-refractivity contribution in [2.24, 2.45) is 5.10 Å². The van der Waals surface area contributed by atoms with E-state index in [9.17, 15) is 4.79 Å². The monoisotopic (exact) mass is 484 g/mol. The molecule has 2 aliphatic rings. The molecule has 0 radical (unpaired) electrons. The molecule has 0 N–H and O–H groups in total. The first-order valence-corrected chi connectivity index (χ1v) is 12.5. The number of halogens is 1. The first-order valence-electron chi connectivity index (χ1n) is 11.3. The van der Waals surface area contributed by atoms with Crippen molar-refractivity contribution >= 4 is 35.0 Å². The Morgan fingerprint density at radius 2 is 1.94 bits per heavy atom. The minimum Gasteiger partial charge on any atom is -0.467 e. The number of aromatic nitrogens is 2. The fourth-order valence-corrected chi connectivity index (χ4v) is 5.26. The molecule has 3 heterocycles. The van der Waals surface area contributed by atoms with Gasteiger partial charge in [-0.05, 0) is 49.6 Å². The zero-order chi connectivity index (χ0) is 22.8. The highest BCUT2D eigenvalue weighted by molar-refractivity contribution is 8.00. The zero-order valence-electron chi connectivity index (χ0n) is 18.3. The van der Waals surface area contributed by atoms with Gasteiger partial charge in [0.1, 0.15) is 11.8 Å². The summed E-state index contributed by atoms with van der Waals surface area (Å²) < 4.78 is 11.5. The Labute approximate surface area is 201 Å². The molecule has 0 bridgehead atoms. The topological polar surface area (TPSA) is 84.7 Å². The highest BCUT2D eigenvalue weighted by Gasteiger charge is 2.37. The number of benzene rings is 1. The van der Waals surface area contributed by atoms with Crippen molar-refractivity contribution in [2.45, 2.75) is 67.9 Å². The lowest BCUT2D eigenvalue weighted by Gasteiger charge is -2.22. The van der Waals surface area contributed by atoms with Gasteiger partial charge in [-0.25, -0.2) is 5.01 Å². The van der Waals surface area contributed by atoms with Crippen LogP contribution in [0.15, 0.2) is 61.8 Å². The van der Waals surface area contributed by atoms with Gasteiger partial charge in [-0.1, -0.05) is 54.8 Å². The number of hydrogen-bond acceptors (Lipinski definition) is 7. The molecule has 1 amide bonds. The molecule has 9 heteroatoms. The summed E-state index contributed by atoms with van der Waals surface area (Å²) in [5.74, 6) is 1.59. The van der Waals surface area contributed by atoms with Gasteiger partial charge in [0.15, 0.2) is 0 Å². The van der Waals surface area contributed by atoms with Crippen LogP contribution >= 0.6 is 23.4 Å². The number of rotatable bonds is 6. The standard InChI is InChI=1S/C24H25ClN4O3S/c1-15(33-24-27-26-22(32-24)17-6-3-2-4-7-17)23(30)29-20(21-8-5-13-31-21)14-19(28-29)16-9-11-18(25)12-10-16/h5,8-13,15,17,20H,2-4,6-7,14H2,1H3. The molecule has 0 spiro atoms. The van der Waals surface area contributed by atoms with E-state index in [0.29, 0.717) is 34.2 Å². The van der Waals surface area contributed by atoms with Crippen LogP contribution in [0.4, 0.5) is 0 Å². The first-order chi connectivity index (χ1) is 16.1. The molecule has 33 heavy (non-hydrogen) atoms. The van der Waals surface area contributed by atoms with Crippen LogP contribution in [-0.4, -0.2) is 32.1 Å². The van der Waals surface area contributed by atoms with E-state index in [0.717, 1.165) is 24.1 Å². The van der Waals surface area contributed by atoms with E-state index in [1.165, 1.54) is 36.0 Å². The third-order valence-electron chi connectivity index (χ3n) is 6.19. The van der Waals surface area contributed by atoms with Gasteiger partial charge in [-0.15, -0.1) is 10.2 Å². The number of carbonyl (C=O) groups is 1. The summed E-state index contributed by atoms with van der Waals surface area (Å²) in [6, 6.07) is 10.9. The van der Waals surface area contributed by atoms with Gasteiger partial charge in [0, 0.05) is 17.4 Å². The number of furan rings is 1. The molecule has 1 saturated carbocycles. The number of hydrogen-bond donors (Lipinski definition) is 0. The SMILES string of the molecule is CC(Sc1nnc(C2CCCCC2)o1)C(=O)N1N=C(c2ccc(Cl)cc2)CC1c1ccco1. The van der Waals surface area contributed by atoms with E-state index >= 15 is 0 Å². The molecule has 1 aromatic carbocycles. The molecular weight excluding hydrogens is 460 g/mol. The smallest absolute Gasteiger partial charge is 0.277 e. The van der Waals surface area contributed by atoms with E-state index in [2.05, 4.69) is 15.3 Å². The van der Waals surface area contributed by atoms with Crippen molar-refractivity contribution < 1.29 is 13.6 Å². The van der Waals surface area contributed by atoms with Crippen LogP contribution < -0.4 is 0 Å². The average molecular weight is 485 g/mol. The molecule has 0 saturated heterocycles. The van der Waals surface area contributed by atoms with Gasteiger partial charge >= 0.3 is 0 Å². The van der Waals surface area contributed by atoms with E-state index in [-0.39, 0.29) is 11.9 Å². The quantitative estimate of drug-likeness (QED) is 0.386. The Hall–Kier alpha value is -2.58. The Morgan fingerprint density at radius 3 is 2.67 bits per heavy atom. The second-order valence-electron chi connectivity index (χ2n) is 8.47. The van der Waals surface area contributed by atoms with Gasteiger partial charge in [0.2, 0.25) is 5.89 Å². The fraction of sp³-hybridized carbons (Fsp3) is 0.417. The van der Waals surface area contributed by atoms with Gasteiger partial charge in [-0.3, -0.25) is 4.79 Å². The van der Waals surface area contributed by atoms with Crippen molar-refractivity contribution in [3.8, 4) is 0 Å². The Kier molecular flexibility index (Phi) is 6.55. The normalized spacial score (nSPS) is 20.1. The van der Waals surface area contributed by atoms with Crippen LogP contribution in [0.25, 0.3) is 0 Å². The minimum absolute atomic E-state index is 0.136. The van der Waals surface area contributed by atoms with Crippen LogP contribution in [-0.2, 0) is 4.79 Å². The van der Waals surface area contributed by atoms with Crippen LogP contribution in [0.2, 0.25) is 5.02 Å². The number of amides is 1. The predicted octanol–water partition coefficient (Wildman–Crippen LogP) is 6.22. The molecule has 5 rings (SSSR count). The predicted molar refractivity (Wildman–Crippen MR) is 126 cm³/mol. The lowest BCUT2D eigenvalue weighted by atomic mass is 9.89. The third-order valence-corrected chi connectivity index (χ3v) is 7.36. The van der Waals surface area contributed by atoms with Crippen molar-refractivity contribution in [3.05, 3.63) is 64.9 Å². The summed E-state index contributed by atoms with van der Waals surface area (Å²) >= 11 is 7.31. The van der Waals surface area contributed by atoms with Gasteiger partial charge in [-0.2, -0.15) is 5.10 Å². The van der Waals surface area contributed by atoms with Crippen LogP contribution in [0.1, 0.15) is 74.6 Å². The lowest BCUT2D eigenvalue weighted by molar-refractivity contribution is -0.132. The van der Waals surface area contributed by atoms with Crippen LogP contribution in [0, 0.1) is 0 Å². The third kappa shape index (κ3) is 4.87. The number of hydrazone groups is 1. The maximum absolute atomic E-state index is 13.4. The zero-order valence-corrected chi connectivity index (χ0v) is 19.9. The summed E-state index contributed by atoms with van der Waals surface area (Å²) in [5.41, 5.74) is 1.75. The van der Waals surface area contributed by atoms with Gasteiger partial charge in [0.05, 0.1) is 17.2 Å². The largest absolute Gasteiger partial charge is 0.467 e. The lowest BCUT2D eigenvalue weighted by Crippen LogP contribution is -2.33. The Morgan fingerprint density at radius 1 is 1.15 bits per heavy atom. The van der Waals surface area contributed by atoms with Gasteiger partial charge in [0.25, 0.3) is 11.1 Å². The molecule has 1 fully saturated rings. The molecule has 2 atom stereocenters. The fourth-order valence-electron chi connectivity index (χ4n) is 4.40. The van der Waals surface area contributed by atoms with Crippen molar-refractivity contribution in [3.63, 3.8) is 0 Å².